The molecule has 2 aliphatic rings. The number of nitrogens with one attached hydrogen (secondary N) is 1. The van der Waals surface area contributed by atoms with Crippen molar-refractivity contribution in [3.8, 4) is 0 Å². The maximum Gasteiger partial charge on any atom is 0.122 e. The Kier molecular flexibility index (Phi) is 4.18. The van der Waals surface area contributed by atoms with Gasteiger partial charge in [-0.25, -0.2) is 0 Å². The zero-order valence-corrected chi connectivity index (χ0v) is 13.1. The molecule has 2 heterocycles. The van der Waals surface area contributed by atoms with E-state index >= 15 is 0 Å². The SMILES string of the molecule is CC1CC(C)C(C)N(Cc2ccoc2CNC2CC2)C1. The highest BCUT2D eigenvalue weighted by Crippen LogP contribution is 2.29. The van der Waals surface area contributed by atoms with Gasteiger partial charge < -0.3 is 9.73 Å². The minimum atomic E-state index is 0.672. The molecule has 1 saturated carbocycles. The van der Waals surface area contributed by atoms with E-state index in [0.29, 0.717) is 6.04 Å². The second-order valence-corrected chi connectivity index (χ2v) is 7.01. The van der Waals surface area contributed by atoms with Crippen LogP contribution in [0.3, 0.4) is 0 Å². The lowest BCUT2D eigenvalue weighted by atomic mass is 9.86. The molecule has 20 heavy (non-hydrogen) atoms. The van der Waals surface area contributed by atoms with Crippen LogP contribution in [0.4, 0.5) is 0 Å². The normalized spacial score (nSPS) is 31.6. The van der Waals surface area contributed by atoms with Crippen LogP contribution in [0.5, 0.6) is 0 Å². The summed E-state index contributed by atoms with van der Waals surface area (Å²) in [5.41, 5.74) is 1.37. The Morgan fingerprint density at radius 2 is 2.10 bits per heavy atom. The summed E-state index contributed by atoms with van der Waals surface area (Å²) in [5.74, 6) is 2.73. The predicted octanol–water partition coefficient (Wildman–Crippen LogP) is 3.40. The molecule has 0 bridgehead atoms. The van der Waals surface area contributed by atoms with Gasteiger partial charge in [0.15, 0.2) is 0 Å². The van der Waals surface area contributed by atoms with Crippen LogP contribution in [0.2, 0.25) is 0 Å². The molecule has 0 amide bonds. The van der Waals surface area contributed by atoms with Crippen molar-refractivity contribution >= 4 is 0 Å². The number of hydrogen-bond donors (Lipinski definition) is 1. The van der Waals surface area contributed by atoms with Crippen LogP contribution in [0, 0.1) is 11.8 Å². The summed E-state index contributed by atoms with van der Waals surface area (Å²) in [4.78, 5) is 2.63. The van der Waals surface area contributed by atoms with Crippen LogP contribution in [0.25, 0.3) is 0 Å². The highest BCUT2D eigenvalue weighted by Gasteiger charge is 2.29. The van der Waals surface area contributed by atoms with Gasteiger partial charge in [-0.15, -0.1) is 0 Å². The van der Waals surface area contributed by atoms with E-state index in [4.69, 9.17) is 4.42 Å². The van der Waals surface area contributed by atoms with Crippen LogP contribution in [-0.4, -0.2) is 23.5 Å². The lowest BCUT2D eigenvalue weighted by Crippen LogP contribution is -2.45. The van der Waals surface area contributed by atoms with Gasteiger partial charge in [0.2, 0.25) is 0 Å². The second-order valence-electron chi connectivity index (χ2n) is 7.01. The molecule has 1 aliphatic heterocycles. The Hall–Kier alpha value is -0.800. The largest absolute Gasteiger partial charge is 0.468 e. The summed E-state index contributed by atoms with van der Waals surface area (Å²) in [5, 5.41) is 3.55. The molecule has 3 heteroatoms. The van der Waals surface area contributed by atoms with Gasteiger partial charge in [-0.1, -0.05) is 13.8 Å². The van der Waals surface area contributed by atoms with Crippen LogP contribution in [0.1, 0.15) is 51.4 Å². The topological polar surface area (TPSA) is 28.4 Å². The van der Waals surface area contributed by atoms with E-state index in [1.165, 1.54) is 31.4 Å². The molecule has 0 aromatic carbocycles. The van der Waals surface area contributed by atoms with E-state index in [1.807, 2.05) is 6.26 Å². The Bertz CT molecular complexity index is 438. The quantitative estimate of drug-likeness (QED) is 0.893. The van der Waals surface area contributed by atoms with Crippen molar-refractivity contribution < 1.29 is 4.42 Å². The average molecular weight is 276 g/mol. The van der Waals surface area contributed by atoms with Gasteiger partial charge in [-0.3, -0.25) is 4.90 Å². The summed E-state index contributed by atoms with van der Waals surface area (Å²) >= 11 is 0. The number of furan rings is 1. The van der Waals surface area contributed by atoms with Gasteiger partial charge in [0.05, 0.1) is 12.8 Å². The minimum Gasteiger partial charge on any atom is -0.468 e. The minimum absolute atomic E-state index is 0.672. The van der Waals surface area contributed by atoms with E-state index in [1.54, 1.807) is 0 Å². The maximum absolute atomic E-state index is 5.68. The Balaban J connectivity index is 1.62. The van der Waals surface area contributed by atoms with Gasteiger partial charge >= 0.3 is 0 Å². The van der Waals surface area contributed by atoms with Crippen molar-refractivity contribution in [3.05, 3.63) is 23.7 Å². The molecule has 1 saturated heterocycles. The fourth-order valence-corrected chi connectivity index (χ4v) is 3.45. The van der Waals surface area contributed by atoms with E-state index < -0.39 is 0 Å². The first-order chi connectivity index (χ1) is 9.63. The first-order valence-corrected chi connectivity index (χ1v) is 8.16. The number of nitrogens with zero attached hydrogens (tertiary/aromatic N) is 1. The summed E-state index contributed by atoms with van der Waals surface area (Å²) in [6, 6.07) is 3.56. The fourth-order valence-electron chi connectivity index (χ4n) is 3.45. The van der Waals surface area contributed by atoms with Crippen molar-refractivity contribution in [2.24, 2.45) is 11.8 Å². The van der Waals surface area contributed by atoms with Gasteiger partial charge in [-0.05, 0) is 44.1 Å². The molecule has 2 fully saturated rings. The van der Waals surface area contributed by atoms with Crippen molar-refractivity contribution in [1.82, 2.24) is 10.2 Å². The summed E-state index contributed by atoms with van der Waals surface area (Å²) < 4.78 is 5.68. The van der Waals surface area contributed by atoms with Crippen molar-refractivity contribution in [2.45, 2.75) is 65.2 Å². The predicted molar refractivity (Wildman–Crippen MR) is 81.4 cm³/mol. The lowest BCUT2D eigenvalue weighted by molar-refractivity contribution is 0.0724. The molecule has 0 radical (unpaired) electrons. The lowest BCUT2D eigenvalue weighted by Gasteiger charge is -2.41. The second kappa shape index (κ2) is 5.90. The first kappa shape index (κ1) is 14.2. The number of likely N-dealkylation sites (tertiary alicyclic amines) is 1. The number of rotatable bonds is 5. The smallest absolute Gasteiger partial charge is 0.122 e. The van der Waals surface area contributed by atoms with Crippen LogP contribution in [0.15, 0.2) is 16.7 Å². The van der Waals surface area contributed by atoms with Gasteiger partial charge in [0.1, 0.15) is 5.76 Å². The molecule has 112 valence electrons. The highest BCUT2D eigenvalue weighted by atomic mass is 16.3. The average Bonchev–Trinajstić information content (AvgIpc) is 3.13. The van der Waals surface area contributed by atoms with E-state index in [2.05, 4.69) is 37.1 Å². The maximum atomic E-state index is 5.68. The first-order valence-electron chi connectivity index (χ1n) is 8.16. The third-order valence-corrected chi connectivity index (χ3v) is 5.06. The zero-order chi connectivity index (χ0) is 14.1. The summed E-state index contributed by atoms with van der Waals surface area (Å²) in [6.07, 6.45) is 5.86. The van der Waals surface area contributed by atoms with Gasteiger partial charge in [0.25, 0.3) is 0 Å². The van der Waals surface area contributed by atoms with Crippen molar-refractivity contribution in [3.63, 3.8) is 0 Å². The van der Waals surface area contributed by atoms with E-state index in [0.717, 1.165) is 36.7 Å². The van der Waals surface area contributed by atoms with Crippen molar-refractivity contribution in [1.29, 1.82) is 0 Å². The number of hydrogen-bond acceptors (Lipinski definition) is 3. The van der Waals surface area contributed by atoms with Crippen molar-refractivity contribution in [2.75, 3.05) is 6.54 Å². The summed E-state index contributed by atoms with van der Waals surface area (Å²) in [7, 11) is 0. The van der Waals surface area contributed by atoms with Gasteiger partial charge in [0, 0.05) is 30.7 Å². The molecule has 3 nitrogen and oxygen atoms in total. The molecule has 3 unspecified atom stereocenters. The molecular formula is C17H28N2O. The van der Waals surface area contributed by atoms with Crippen LogP contribution >= 0.6 is 0 Å². The standard InChI is InChI=1S/C17H28N2O/c1-12-8-13(2)14(3)19(10-12)11-15-6-7-20-17(15)9-18-16-4-5-16/h6-7,12-14,16,18H,4-5,8-11H2,1-3H3. The molecule has 1 N–H and O–H groups in total. The number of piperidine rings is 1. The molecule has 1 aromatic rings. The highest BCUT2D eigenvalue weighted by molar-refractivity contribution is 5.17. The molecule has 0 spiro atoms. The van der Waals surface area contributed by atoms with Gasteiger partial charge in [-0.2, -0.15) is 0 Å². The zero-order valence-electron chi connectivity index (χ0n) is 13.1. The molecule has 1 aromatic heterocycles. The van der Waals surface area contributed by atoms with Crippen LogP contribution < -0.4 is 5.32 Å². The van der Waals surface area contributed by atoms with E-state index in [-0.39, 0.29) is 0 Å². The van der Waals surface area contributed by atoms with Crippen LogP contribution in [-0.2, 0) is 13.1 Å². The Morgan fingerprint density at radius 1 is 1.30 bits per heavy atom. The molecule has 3 rings (SSSR count). The van der Waals surface area contributed by atoms with E-state index in [9.17, 15) is 0 Å². The summed E-state index contributed by atoms with van der Waals surface area (Å²) in [6.45, 7) is 10.3. The Labute approximate surface area is 122 Å². The third kappa shape index (κ3) is 3.26. The molecular weight excluding hydrogens is 248 g/mol. The Morgan fingerprint density at radius 3 is 2.85 bits per heavy atom. The molecule has 3 atom stereocenters. The monoisotopic (exact) mass is 276 g/mol. The fraction of sp³-hybridized carbons (Fsp3) is 0.765. The third-order valence-electron chi connectivity index (χ3n) is 5.06. The molecule has 1 aliphatic carbocycles.